The van der Waals surface area contributed by atoms with Crippen molar-refractivity contribution in [3.8, 4) is 6.07 Å². The zero-order valence-corrected chi connectivity index (χ0v) is 12.3. The minimum atomic E-state index is -0.523. The number of carbonyl (C=O) groups excluding carboxylic acids is 2. The number of rotatable bonds is 3. The van der Waals surface area contributed by atoms with E-state index in [0.717, 1.165) is 4.90 Å². The van der Waals surface area contributed by atoms with Crippen LogP contribution in [-0.2, 0) is 4.74 Å². The largest absolute Gasteiger partial charge is 0.447 e. The summed E-state index contributed by atoms with van der Waals surface area (Å²) in [5.41, 5.74) is 1.03. The maximum absolute atomic E-state index is 12.2. The number of nitriles is 1. The number of ether oxygens (including phenoxy) is 1. The number of hydrogen-bond acceptors (Lipinski definition) is 5. The van der Waals surface area contributed by atoms with E-state index in [1.54, 1.807) is 36.4 Å². The molecule has 0 saturated carbocycles. The van der Waals surface area contributed by atoms with Crippen LogP contribution in [-0.4, -0.2) is 17.2 Å². The Morgan fingerprint density at radius 3 is 2.64 bits per heavy atom. The third-order valence-corrected chi connectivity index (χ3v) is 4.43. The number of ketones is 1. The highest BCUT2D eigenvalue weighted by Crippen LogP contribution is 2.35. The lowest BCUT2D eigenvalue weighted by Crippen LogP contribution is -2.23. The summed E-state index contributed by atoms with van der Waals surface area (Å²) in [6.07, 6.45) is 0.108. The molecule has 2 aromatic carbocycles. The number of Topliss-reactive ketones (excluding diaryl/α,β-unsaturated/α-hetero) is 1. The van der Waals surface area contributed by atoms with Gasteiger partial charge in [-0.15, -0.1) is 0 Å². The molecule has 0 radical (unpaired) electrons. The molecule has 0 aromatic heterocycles. The Bertz CT molecular complexity index is 777. The van der Waals surface area contributed by atoms with Crippen LogP contribution in [0.1, 0.15) is 32.7 Å². The zero-order valence-electron chi connectivity index (χ0n) is 11.5. The molecule has 0 bridgehead atoms. The molecule has 3 rings (SSSR count). The topological polar surface area (TPSA) is 67.2 Å². The first-order valence-corrected chi connectivity index (χ1v) is 7.55. The molecule has 108 valence electrons. The van der Waals surface area contributed by atoms with Gasteiger partial charge < -0.3 is 4.74 Å². The number of nitrogens with zero attached hydrogens (tertiary/aromatic N) is 1. The number of thioether (sulfide) groups is 1. The Kier molecular flexibility index (Phi) is 3.94. The Hall–Kier alpha value is -2.58. The molecule has 2 aromatic rings. The van der Waals surface area contributed by atoms with Crippen LogP contribution in [0.2, 0.25) is 0 Å². The second-order valence-electron chi connectivity index (χ2n) is 4.77. The second-order valence-corrected chi connectivity index (χ2v) is 5.97. The quantitative estimate of drug-likeness (QED) is 0.642. The maximum Gasteiger partial charge on any atom is 0.340 e. The highest BCUT2D eigenvalue weighted by atomic mass is 32.2. The monoisotopic (exact) mass is 309 g/mol. The van der Waals surface area contributed by atoms with Gasteiger partial charge in [0.25, 0.3) is 0 Å². The van der Waals surface area contributed by atoms with Gasteiger partial charge in [0.2, 0.25) is 0 Å². The zero-order chi connectivity index (χ0) is 15.5. The smallest absolute Gasteiger partial charge is 0.340 e. The Morgan fingerprint density at radius 1 is 1.18 bits per heavy atom. The van der Waals surface area contributed by atoms with Crippen LogP contribution < -0.4 is 0 Å². The van der Waals surface area contributed by atoms with Crippen LogP contribution >= 0.6 is 11.8 Å². The minimum Gasteiger partial charge on any atom is -0.447 e. The molecular weight excluding hydrogens is 298 g/mol. The summed E-state index contributed by atoms with van der Waals surface area (Å²) in [5.74, 6) is -0.513. The van der Waals surface area contributed by atoms with E-state index in [1.165, 1.54) is 11.8 Å². The number of fused-ring (bicyclic) bond motifs is 1. The predicted octanol–water partition coefficient (Wildman–Crippen LogP) is 3.42. The molecule has 0 fully saturated rings. The van der Waals surface area contributed by atoms with Crippen LogP contribution in [0, 0.1) is 11.3 Å². The third-order valence-electron chi connectivity index (χ3n) is 3.29. The van der Waals surface area contributed by atoms with Crippen molar-refractivity contribution >= 4 is 23.5 Å². The number of benzene rings is 2. The lowest BCUT2D eigenvalue weighted by atomic mass is 10.1. The summed E-state index contributed by atoms with van der Waals surface area (Å²) >= 11 is 1.38. The number of hydrogen-bond donors (Lipinski definition) is 0. The van der Waals surface area contributed by atoms with Crippen molar-refractivity contribution < 1.29 is 14.3 Å². The standard InChI is InChI=1S/C17H11NO3S/c18-10-11-5-7-12(8-6-11)14(19)9-16-21-17(20)13-3-1-2-4-15(13)22-16/h1-8,16H,9H2. The summed E-state index contributed by atoms with van der Waals surface area (Å²) < 4.78 is 5.30. The summed E-state index contributed by atoms with van der Waals surface area (Å²) in [4.78, 5) is 25.0. The molecular formula is C17H11NO3S. The summed E-state index contributed by atoms with van der Waals surface area (Å²) in [6, 6.07) is 15.6. The molecule has 0 amide bonds. The van der Waals surface area contributed by atoms with Gasteiger partial charge in [-0.3, -0.25) is 4.79 Å². The van der Waals surface area contributed by atoms with Gasteiger partial charge in [0.05, 0.1) is 23.6 Å². The molecule has 1 atom stereocenters. The summed E-state index contributed by atoms with van der Waals surface area (Å²) in [6.45, 7) is 0. The van der Waals surface area contributed by atoms with Gasteiger partial charge in [-0.05, 0) is 24.3 Å². The molecule has 0 spiro atoms. The fourth-order valence-corrected chi connectivity index (χ4v) is 3.26. The normalized spacial score (nSPS) is 16.3. The molecule has 0 aliphatic carbocycles. The Labute approximate surface area is 131 Å². The van der Waals surface area contributed by atoms with E-state index in [-0.39, 0.29) is 12.2 Å². The molecule has 1 unspecified atom stereocenters. The van der Waals surface area contributed by atoms with Crippen molar-refractivity contribution in [2.24, 2.45) is 0 Å². The van der Waals surface area contributed by atoms with E-state index >= 15 is 0 Å². The highest BCUT2D eigenvalue weighted by Gasteiger charge is 2.28. The number of cyclic esters (lactones) is 1. The van der Waals surface area contributed by atoms with E-state index in [0.29, 0.717) is 16.7 Å². The fraction of sp³-hybridized carbons (Fsp3) is 0.118. The van der Waals surface area contributed by atoms with Gasteiger partial charge in [-0.1, -0.05) is 36.0 Å². The average molecular weight is 309 g/mol. The van der Waals surface area contributed by atoms with Gasteiger partial charge in [0, 0.05) is 10.5 Å². The number of carbonyl (C=O) groups is 2. The highest BCUT2D eigenvalue weighted by molar-refractivity contribution is 8.00. The Morgan fingerprint density at radius 2 is 1.91 bits per heavy atom. The lowest BCUT2D eigenvalue weighted by Gasteiger charge is -2.23. The first-order valence-electron chi connectivity index (χ1n) is 6.67. The van der Waals surface area contributed by atoms with Gasteiger partial charge in [-0.2, -0.15) is 5.26 Å². The molecule has 4 nitrogen and oxygen atoms in total. The Balaban J connectivity index is 1.73. The summed E-state index contributed by atoms with van der Waals surface area (Å²) in [7, 11) is 0. The van der Waals surface area contributed by atoms with Crippen LogP contribution in [0.25, 0.3) is 0 Å². The van der Waals surface area contributed by atoms with Crippen molar-refractivity contribution in [1.82, 2.24) is 0 Å². The van der Waals surface area contributed by atoms with Crippen LogP contribution in [0.5, 0.6) is 0 Å². The maximum atomic E-state index is 12.2. The SMILES string of the molecule is N#Cc1ccc(C(=O)CC2OC(=O)c3ccccc3S2)cc1. The summed E-state index contributed by atoms with van der Waals surface area (Å²) in [5, 5.41) is 8.75. The molecule has 0 saturated heterocycles. The van der Waals surface area contributed by atoms with Gasteiger partial charge >= 0.3 is 5.97 Å². The molecule has 0 N–H and O–H groups in total. The van der Waals surface area contributed by atoms with E-state index in [2.05, 4.69) is 0 Å². The third kappa shape index (κ3) is 2.87. The van der Waals surface area contributed by atoms with Crippen LogP contribution in [0.3, 0.4) is 0 Å². The van der Waals surface area contributed by atoms with E-state index in [1.807, 2.05) is 18.2 Å². The lowest BCUT2D eigenvalue weighted by molar-refractivity contribution is 0.0428. The van der Waals surface area contributed by atoms with Gasteiger partial charge in [-0.25, -0.2) is 4.79 Å². The van der Waals surface area contributed by atoms with Crippen molar-refractivity contribution in [2.75, 3.05) is 0 Å². The molecule has 1 heterocycles. The molecule has 1 aliphatic rings. The van der Waals surface area contributed by atoms with Crippen LogP contribution in [0.4, 0.5) is 0 Å². The van der Waals surface area contributed by atoms with E-state index < -0.39 is 11.4 Å². The number of esters is 1. The second kappa shape index (κ2) is 6.04. The van der Waals surface area contributed by atoms with Crippen LogP contribution in [0.15, 0.2) is 53.4 Å². The fourth-order valence-electron chi connectivity index (χ4n) is 2.17. The minimum absolute atomic E-state index is 0.108. The average Bonchev–Trinajstić information content (AvgIpc) is 2.55. The first-order chi connectivity index (χ1) is 10.7. The van der Waals surface area contributed by atoms with Crippen molar-refractivity contribution in [2.45, 2.75) is 16.8 Å². The van der Waals surface area contributed by atoms with Crippen molar-refractivity contribution in [3.63, 3.8) is 0 Å². The van der Waals surface area contributed by atoms with Crippen molar-refractivity contribution in [1.29, 1.82) is 5.26 Å². The molecule has 1 aliphatic heterocycles. The van der Waals surface area contributed by atoms with E-state index in [4.69, 9.17) is 10.00 Å². The van der Waals surface area contributed by atoms with Gasteiger partial charge in [0.15, 0.2) is 11.2 Å². The van der Waals surface area contributed by atoms with Crippen molar-refractivity contribution in [3.05, 3.63) is 65.2 Å². The first kappa shape index (κ1) is 14.4. The molecule has 22 heavy (non-hydrogen) atoms. The van der Waals surface area contributed by atoms with Gasteiger partial charge in [0.1, 0.15) is 0 Å². The van der Waals surface area contributed by atoms with E-state index in [9.17, 15) is 9.59 Å². The molecule has 5 heteroatoms. The predicted molar refractivity (Wildman–Crippen MR) is 81.6 cm³/mol.